The molecule has 21 heavy (non-hydrogen) atoms. The largest absolute Gasteiger partial charge is 0.368 e. The van der Waals surface area contributed by atoms with Crippen molar-refractivity contribution < 1.29 is 4.79 Å². The minimum Gasteiger partial charge on any atom is -0.368 e. The van der Waals surface area contributed by atoms with Crippen molar-refractivity contribution in [3.63, 3.8) is 0 Å². The van der Waals surface area contributed by atoms with Gasteiger partial charge in [0.1, 0.15) is 6.04 Å². The average molecular weight is 294 g/mol. The molecule has 1 amide bonds. The summed E-state index contributed by atoms with van der Waals surface area (Å²) in [7, 11) is 3.96. The molecule has 6 heteroatoms. The van der Waals surface area contributed by atoms with Gasteiger partial charge in [-0.25, -0.2) is 4.68 Å². The number of amides is 1. The maximum Gasteiger partial charge on any atom is 0.267 e. The van der Waals surface area contributed by atoms with Crippen LogP contribution in [0, 0.1) is 11.3 Å². The molecule has 0 radical (unpaired) electrons. The van der Waals surface area contributed by atoms with Crippen LogP contribution in [0.2, 0.25) is 0 Å². The first-order valence-corrected chi connectivity index (χ1v) is 7.12. The Morgan fingerprint density at radius 2 is 2.05 bits per heavy atom. The van der Waals surface area contributed by atoms with Gasteiger partial charge >= 0.3 is 0 Å². The Bertz CT molecular complexity index is 531. The van der Waals surface area contributed by atoms with Crippen molar-refractivity contribution in [2.24, 2.45) is 17.1 Å². The molecule has 0 spiro atoms. The normalized spacial score (nSPS) is 15.0. The summed E-state index contributed by atoms with van der Waals surface area (Å²) in [5, 5.41) is 4.05. The second-order valence-electron chi connectivity index (χ2n) is 6.72. The zero-order valence-corrected chi connectivity index (χ0v) is 13.5. The van der Waals surface area contributed by atoms with Crippen LogP contribution in [0.3, 0.4) is 0 Å². The quantitative estimate of drug-likeness (QED) is 0.844. The highest BCUT2D eigenvalue weighted by Crippen LogP contribution is 2.36. The number of primary amides is 1. The molecule has 1 aromatic rings. The van der Waals surface area contributed by atoms with Gasteiger partial charge in [0.2, 0.25) is 5.91 Å². The van der Waals surface area contributed by atoms with E-state index in [4.69, 9.17) is 5.73 Å². The lowest BCUT2D eigenvalue weighted by Gasteiger charge is -2.36. The molecule has 0 aliphatic carbocycles. The summed E-state index contributed by atoms with van der Waals surface area (Å²) in [6.45, 7) is 6.97. The van der Waals surface area contributed by atoms with Gasteiger partial charge < -0.3 is 10.6 Å². The lowest BCUT2D eigenvalue weighted by atomic mass is 9.74. The van der Waals surface area contributed by atoms with Crippen molar-refractivity contribution in [1.82, 2.24) is 14.7 Å². The lowest BCUT2D eigenvalue weighted by molar-refractivity contribution is -0.124. The van der Waals surface area contributed by atoms with E-state index in [2.05, 4.69) is 30.8 Å². The Kier molecular flexibility index (Phi) is 5.66. The number of nitrogens with two attached hydrogens (primary N) is 1. The predicted octanol–water partition coefficient (Wildman–Crippen LogP) is 0.884. The number of rotatable bonds is 6. The second-order valence-corrected chi connectivity index (χ2v) is 6.72. The molecule has 0 aliphatic rings. The van der Waals surface area contributed by atoms with Crippen molar-refractivity contribution in [3.8, 4) is 0 Å². The lowest BCUT2D eigenvalue weighted by Crippen LogP contribution is -2.44. The Balaban J connectivity index is 3.24. The van der Waals surface area contributed by atoms with Crippen molar-refractivity contribution >= 4 is 5.91 Å². The SMILES string of the molecule is CN(C)CCC(C(C(N)=O)n1ncccc1=O)C(C)(C)C. The van der Waals surface area contributed by atoms with Crippen LogP contribution in [-0.2, 0) is 4.79 Å². The number of carbonyl (C=O) groups excluding carboxylic acids is 1. The van der Waals surface area contributed by atoms with Crippen LogP contribution in [0.5, 0.6) is 0 Å². The van der Waals surface area contributed by atoms with Crippen LogP contribution in [-0.4, -0.2) is 41.2 Å². The first-order chi connectivity index (χ1) is 9.64. The summed E-state index contributed by atoms with van der Waals surface area (Å²) in [5.74, 6) is -0.598. The molecule has 0 saturated carbocycles. The molecule has 2 unspecified atom stereocenters. The van der Waals surface area contributed by atoms with E-state index in [-0.39, 0.29) is 16.9 Å². The standard InChI is InChI=1S/C15H26N4O2/c1-15(2,3)11(8-10-18(4)5)13(14(16)21)19-12(20)7-6-9-17-19/h6-7,9,11,13H,8,10H2,1-5H3,(H2,16,21). The fourth-order valence-corrected chi connectivity index (χ4v) is 2.53. The van der Waals surface area contributed by atoms with Gasteiger partial charge in [0, 0.05) is 12.3 Å². The number of carbonyl (C=O) groups is 1. The van der Waals surface area contributed by atoms with E-state index in [1.54, 1.807) is 6.07 Å². The molecule has 1 rings (SSSR count). The Morgan fingerprint density at radius 3 is 2.48 bits per heavy atom. The van der Waals surface area contributed by atoms with Gasteiger partial charge in [-0.2, -0.15) is 5.10 Å². The van der Waals surface area contributed by atoms with Crippen molar-refractivity contribution in [1.29, 1.82) is 0 Å². The fourth-order valence-electron chi connectivity index (χ4n) is 2.53. The van der Waals surface area contributed by atoms with Gasteiger partial charge in [0.05, 0.1) is 0 Å². The molecule has 2 atom stereocenters. The predicted molar refractivity (Wildman–Crippen MR) is 82.8 cm³/mol. The van der Waals surface area contributed by atoms with Crippen LogP contribution < -0.4 is 11.3 Å². The molecule has 1 aromatic heterocycles. The minimum absolute atomic E-state index is 0.0787. The van der Waals surface area contributed by atoms with Gasteiger partial charge in [-0.15, -0.1) is 0 Å². The molecule has 1 heterocycles. The first-order valence-electron chi connectivity index (χ1n) is 7.12. The van der Waals surface area contributed by atoms with Crippen molar-refractivity contribution in [3.05, 3.63) is 28.7 Å². The van der Waals surface area contributed by atoms with E-state index in [9.17, 15) is 9.59 Å². The summed E-state index contributed by atoms with van der Waals surface area (Å²) < 4.78 is 1.22. The summed E-state index contributed by atoms with van der Waals surface area (Å²) >= 11 is 0. The highest BCUT2D eigenvalue weighted by Gasteiger charge is 2.37. The molecule has 0 aliphatic heterocycles. The van der Waals surface area contributed by atoms with Crippen molar-refractivity contribution in [2.45, 2.75) is 33.2 Å². The van der Waals surface area contributed by atoms with Crippen LogP contribution in [0.25, 0.3) is 0 Å². The smallest absolute Gasteiger partial charge is 0.267 e. The number of hydrogen-bond acceptors (Lipinski definition) is 4. The van der Waals surface area contributed by atoms with E-state index >= 15 is 0 Å². The van der Waals surface area contributed by atoms with Gasteiger partial charge in [0.25, 0.3) is 5.56 Å². The molecular formula is C15H26N4O2. The molecular weight excluding hydrogens is 268 g/mol. The maximum absolute atomic E-state index is 12.0. The maximum atomic E-state index is 12.0. The molecule has 0 aromatic carbocycles. The van der Waals surface area contributed by atoms with Gasteiger partial charge in [-0.05, 0) is 44.5 Å². The van der Waals surface area contributed by atoms with Gasteiger partial charge in [-0.1, -0.05) is 20.8 Å². The zero-order valence-electron chi connectivity index (χ0n) is 13.5. The first kappa shape index (κ1) is 17.4. The van der Waals surface area contributed by atoms with E-state index in [1.807, 2.05) is 14.1 Å². The highest BCUT2D eigenvalue weighted by molar-refractivity contribution is 5.78. The molecule has 0 saturated heterocycles. The molecule has 118 valence electrons. The number of aromatic nitrogens is 2. The third-order valence-corrected chi connectivity index (χ3v) is 3.68. The fraction of sp³-hybridized carbons (Fsp3) is 0.667. The van der Waals surface area contributed by atoms with Gasteiger partial charge in [-0.3, -0.25) is 9.59 Å². The highest BCUT2D eigenvalue weighted by atomic mass is 16.2. The summed E-state index contributed by atoms with van der Waals surface area (Å²) in [5.41, 5.74) is 5.11. The minimum atomic E-state index is -0.737. The average Bonchev–Trinajstić information content (AvgIpc) is 2.33. The number of nitrogens with zero attached hydrogens (tertiary/aromatic N) is 3. The van der Waals surface area contributed by atoms with E-state index < -0.39 is 11.9 Å². The summed E-state index contributed by atoms with van der Waals surface area (Å²) in [6.07, 6.45) is 2.26. The van der Waals surface area contributed by atoms with Crippen LogP contribution in [0.1, 0.15) is 33.2 Å². The molecule has 2 N–H and O–H groups in total. The topological polar surface area (TPSA) is 81.2 Å². The Morgan fingerprint density at radius 1 is 1.43 bits per heavy atom. The monoisotopic (exact) mass is 294 g/mol. The van der Waals surface area contributed by atoms with Crippen molar-refractivity contribution in [2.75, 3.05) is 20.6 Å². The second kappa shape index (κ2) is 6.85. The van der Waals surface area contributed by atoms with Crippen LogP contribution in [0.4, 0.5) is 0 Å². The third kappa shape index (κ3) is 4.67. The van der Waals surface area contributed by atoms with Crippen LogP contribution >= 0.6 is 0 Å². The zero-order chi connectivity index (χ0) is 16.2. The Labute approximate surface area is 125 Å². The van der Waals surface area contributed by atoms with E-state index in [0.29, 0.717) is 0 Å². The van der Waals surface area contributed by atoms with Crippen LogP contribution in [0.15, 0.2) is 23.1 Å². The Hall–Kier alpha value is -1.69. The molecule has 0 fully saturated rings. The number of hydrogen-bond donors (Lipinski definition) is 1. The van der Waals surface area contributed by atoms with E-state index in [0.717, 1.165) is 13.0 Å². The van der Waals surface area contributed by atoms with Gasteiger partial charge in [0.15, 0.2) is 0 Å². The summed E-state index contributed by atoms with van der Waals surface area (Å²) in [4.78, 5) is 26.1. The van der Waals surface area contributed by atoms with E-state index in [1.165, 1.54) is 16.9 Å². The summed E-state index contributed by atoms with van der Waals surface area (Å²) in [6, 6.07) is 2.22. The molecule has 0 bridgehead atoms. The molecule has 6 nitrogen and oxygen atoms in total. The third-order valence-electron chi connectivity index (χ3n) is 3.68.